The molecule has 1 rings (SSSR count). The maximum atomic E-state index is 11.3. The summed E-state index contributed by atoms with van der Waals surface area (Å²) in [6, 6.07) is 0. The molecule has 2 atom stereocenters. The molecular weight excluding hydrogens is 230 g/mol. The number of carboxylic acids is 1. The molecule has 0 aromatic carbocycles. The second-order valence-corrected chi connectivity index (χ2v) is 6.62. The smallest absolute Gasteiger partial charge is 0.306 e. The van der Waals surface area contributed by atoms with Crippen LogP contribution in [0.2, 0.25) is 0 Å². The second-order valence-electron chi connectivity index (χ2n) is 4.39. The number of nitrogens with two attached hydrogens (primary N) is 1. The molecular formula is C10H19NO4S. The van der Waals surface area contributed by atoms with Gasteiger partial charge in [0.25, 0.3) is 0 Å². The van der Waals surface area contributed by atoms with Crippen LogP contribution in [0.25, 0.3) is 0 Å². The van der Waals surface area contributed by atoms with Crippen molar-refractivity contribution in [3.05, 3.63) is 0 Å². The second kappa shape index (κ2) is 5.63. The summed E-state index contributed by atoms with van der Waals surface area (Å²) in [6.45, 7) is 0.551. The van der Waals surface area contributed by atoms with E-state index < -0.39 is 21.7 Å². The van der Waals surface area contributed by atoms with Gasteiger partial charge in [0.05, 0.1) is 17.4 Å². The van der Waals surface area contributed by atoms with Gasteiger partial charge in [0.1, 0.15) is 0 Å². The van der Waals surface area contributed by atoms with Gasteiger partial charge in [-0.2, -0.15) is 0 Å². The number of unbranched alkanes of at least 4 members (excludes halogenated alkanes) is 1. The summed E-state index contributed by atoms with van der Waals surface area (Å²) in [4.78, 5) is 11.1. The predicted octanol–water partition coefficient (Wildman–Crippen LogP) is 0.251. The van der Waals surface area contributed by atoms with Gasteiger partial charge in [-0.15, -0.1) is 0 Å². The van der Waals surface area contributed by atoms with Gasteiger partial charge in [-0.05, 0) is 31.7 Å². The lowest BCUT2D eigenvalue weighted by Crippen LogP contribution is -2.24. The normalized spacial score (nSPS) is 25.4. The van der Waals surface area contributed by atoms with E-state index in [1.807, 2.05) is 0 Å². The molecule has 3 N–H and O–H groups in total. The minimum absolute atomic E-state index is 0.0343. The van der Waals surface area contributed by atoms with Crippen LogP contribution in [0.3, 0.4) is 0 Å². The van der Waals surface area contributed by atoms with Crippen LogP contribution in [0.4, 0.5) is 0 Å². The van der Waals surface area contributed by atoms with Crippen molar-refractivity contribution >= 4 is 15.8 Å². The van der Waals surface area contributed by atoms with E-state index in [-0.39, 0.29) is 17.4 Å². The van der Waals surface area contributed by atoms with E-state index in [1.54, 1.807) is 0 Å². The summed E-state index contributed by atoms with van der Waals surface area (Å²) in [5.41, 5.74) is 5.34. The predicted molar refractivity (Wildman–Crippen MR) is 60.8 cm³/mol. The van der Waals surface area contributed by atoms with Crippen LogP contribution in [0.15, 0.2) is 0 Å². The standard InChI is InChI=1S/C10H19NO4S/c11-5-2-1-3-9(10(12)13)8-4-6-16(14,15)7-8/h8-9H,1-7,11H2,(H,12,13). The molecule has 1 fully saturated rings. The fraction of sp³-hybridized carbons (Fsp3) is 0.900. The number of sulfone groups is 1. The first kappa shape index (κ1) is 13.4. The van der Waals surface area contributed by atoms with Crippen molar-refractivity contribution in [1.82, 2.24) is 0 Å². The van der Waals surface area contributed by atoms with E-state index in [0.717, 1.165) is 12.8 Å². The molecule has 1 aliphatic heterocycles. The van der Waals surface area contributed by atoms with E-state index in [9.17, 15) is 13.2 Å². The van der Waals surface area contributed by atoms with Crippen LogP contribution in [-0.4, -0.2) is 37.5 Å². The largest absolute Gasteiger partial charge is 0.481 e. The Bertz CT molecular complexity index is 339. The zero-order chi connectivity index (χ0) is 12.2. The molecule has 0 aromatic heterocycles. The van der Waals surface area contributed by atoms with Crippen molar-refractivity contribution in [2.45, 2.75) is 25.7 Å². The lowest BCUT2D eigenvalue weighted by Gasteiger charge is -2.17. The summed E-state index contributed by atoms with van der Waals surface area (Å²) in [5, 5.41) is 9.08. The highest BCUT2D eigenvalue weighted by Gasteiger charge is 2.36. The Hall–Kier alpha value is -0.620. The van der Waals surface area contributed by atoms with Gasteiger partial charge in [0.15, 0.2) is 9.84 Å². The van der Waals surface area contributed by atoms with Crippen molar-refractivity contribution in [3.63, 3.8) is 0 Å². The SMILES string of the molecule is NCCCCC(C(=O)O)C1CCS(=O)(=O)C1. The third kappa shape index (κ3) is 3.75. The maximum Gasteiger partial charge on any atom is 0.306 e. The Labute approximate surface area is 95.9 Å². The van der Waals surface area contributed by atoms with E-state index in [4.69, 9.17) is 10.8 Å². The van der Waals surface area contributed by atoms with Gasteiger partial charge in [-0.25, -0.2) is 8.42 Å². The van der Waals surface area contributed by atoms with Crippen molar-refractivity contribution < 1.29 is 18.3 Å². The highest BCUT2D eigenvalue weighted by molar-refractivity contribution is 7.91. The molecule has 5 nitrogen and oxygen atoms in total. The summed E-state index contributed by atoms with van der Waals surface area (Å²) in [6.07, 6.45) is 2.57. The minimum Gasteiger partial charge on any atom is -0.481 e. The Balaban J connectivity index is 2.54. The van der Waals surface area contributed by atoms with Crippen molar-refractivity contribution in [3.8, 4) is 0 Å². The van der Waals surface area contributed by atoms with E-state index in [2.05, 4.69) is 0 Å². The highest BCUT2D eigenvalue weighted by atomic mass is 32.2. The van der Waals surface area contributed by atoms with Crippen LogP contribution in [0.5, 0.6) is 0 Å². The molecule has 6 heteroatoms. The number of rotatable bonds is 6. The van der Waals surface area contributed by atoms with Crippen molar-refractivity contribution in [2.24, 2.45) is 17.6 Å². The molecule has 2 unspecified atom stereocenters. The molecule has 0 saturated carbocycles. The number of hydrogen-bond acceptors (Lipinski definition) is 4. The summed E-state index contributed by atoms with van der Waals surface area (Å²) < 4.78 is 22.6. The lowest BCUT2D eigenvalue weighted by molar-refractivity contribution is -0.143. The first-order valence-electron chi connectivity index (χ1n) is 5.59. The summed E-state index contributed by atoms with van der Waals surface area (Å²) in [5.74, 6) is -1.44. The first-order valence-corrected chi connectivity index (χ1v) is 7.41. The maximum absolute atomic E-state index is 11.3. The van der Waals surface area contributed by atoms with E-state index in [1.165, 1.54) is 0 Å². The third-order valence-electron chi connectivity index (χ3n) is 3.12. The van der Waals surface area contributed by atoms with E-state index in [0.29, 0.717) is 19.4 Å². The van der Waals surface area contributed by atoms with Crippen LogP contribution in [0, 0.1) is 11.8 Å². The van der Waals surface area contributed by atoms with Crippen molar-refractivity contribution in [1.29, 1.82) is 0 Å². The van der Waals surface area contributed by atoms with Crippen LogP contribution < -0.4 is 5.73 Å². The highest BCUT2D eigenvalue weighted by Crippen LogP contribution is 2.29. The van der Waals surface area contributed by atoms with Gasteiger partial charge in [-0.3, -0.25) is 4.79 Å². The van der Waals surface area contributed by atoms with Gasteiger partial charge < -0.3 is 10.8 Å². The first-order chi connectivity index (χ1) is 7.46. The molecule has 0 spiro atoms. The van der Waals surface area contributed by atoms with Gasteiger partial charge >= 0.3 is 5.97 Å². The van der Waals surface area contributed by atoms with E-state index >= 15 is 0 Å². The fourth-order valence-corrected chi connectivity index (χ4v) is 4.09. The Morgan fingerprint density at radius 3 is 2.56 bits per heavy atom. The number of carbonyl (C=O) groups is 1. The number of aliphatic carboxylic acids is 1. The summed E-state index contributed by atoms with van der Waals surface area (Å²) in [7, 11) is -2.99. The van der Waals surface area contributed by atoms with Gasteiger partial charge in [0.2, 0.25) is 0 Å². The van der Waals surface area contributed by atoms with Crippen molar-refractivity contribution in [2.75, 3.05) is 18.1 Å². The zero-order valence-electron chi connectivity index (χ0n) is 9.26. The quantitative estimate of drug-likeness (QED) is 0.658. The molecule has 16 heavy (non-hydrogen) atoms. The summed E-state index contributed by atoms with van der Waals surface area (Å²) >= 11 is 0. The topological polar surface area (TPSA) is 97.5 Å². The zero-order valence-corrected chi connectivity index (χ0v) is 10.1. The van der Waals surface area contributed by atoms with Crippen LogP contribution in [0.1, 0.15) is 25.7 Å². The average Bonchev–Trinajstić information content (AvgIpc) is 2.53. The molecule has 0 amide bonds. The average molecular weight is 249 g/mol. The molecule has 1 saturated heterocycles. The number of hydrogen-bond donors (Lipinski definition) is 2. The number of carboxylic acid groups (broad SMARTS) is 1. The van der Waals surface area contributed by atoms with Crippen LogP contribution >= 0.6 is 0 Å². The minimum atomic E-state index is -2.99. The molecule has 94 valence electrons. The molecule has 0 radical (unpaired) electrons. The molecule has 0 bridgehead atoms. The molecule has 1 heterocycles. The van der Waals surface area contributed by atoms with Gasteiger partial charge in [0, 0.05) is 0 Å². The third-order valence-corrected chi connectivity index (χ3v) is 4.92. The molecule has 0 aliphatic carbocycles. The fourth-order valence-electron chi connectivity index (χ4n) is 2.21. The van der Waals surface area contributed by atoms with Gasteiger partial charge in [-0.1, -0.05) is 6.42 Å². The Morgan fingerprint density at radius 1 is 1.44 bits per heavy atom. The monoisotopic (exact) mass is 249 g/mol. The molecule has 1 aliphatic rings. The van der Waals surface area contributed by atoms with Crippen LogP contribution in [-0.2, 0) is 14.6 Å². The molecule has 0 aromatic rings. The lowest BCUT2D eigenvalue weighted by atomic mass is 9.87. The Morgan fingerprint density at radius 2 is 2.12 bits per heavy atom. The Kier molecular flexibility index (Phi) is 4.73.